The second kappa shape index (κ2) is 8.18. The number of ether oxygens (including phenoxy) is 2. The third kappa shape index (κ3) is 3.99. The van der Waals surface area contributed by atoms with Crippen LogP contribution in [0.25, 0.3) is 17.5 Å². The molecule has 1 N–H and O–H groups in total. The Morgan fingerprint density at radius 1 is 1.03 bits per heavy atom. The minimum atomic E-state index is 0.617. The lowest BCUT2D eigenvalue weighted by Gasteiger charge is -2.17. The van der Waals surface area contributed by atoms with Crippen LogP contribution in [0, 0.1) is 0 Å². The SMILES string of the molecule is COc1ccc(-c2cc3c(c(NCc4ccncc4)n2)=CN(C)CN=3)cc1OC. The van der Waals surface area contributed by atoms with Gasteiger partial charge in [-0.3, -0.25) is 9.98 Å². The number of rotatable bonds is 6. The molecule has 7 nitrogen and oxygen atoms in total. The van der Waals surface area contributed by atoms with Crippen LogP contribution in [0.1, 0.15) is 5.56 Å². The van der Waals surface area contributed by atoms with Crippen LogP contribution >= 0.6 is 0 Å². The Balaban J connectivity index is 1.78. The van der Waals surface area contributed by atoms with Gasteiger partial charge in [-0.05, 0) is 42.0 Å². The van der Waals surface area contributed by atoms with E-state index in [4.69, 9.17) is 19.5 Å². The maximum absolute atomic E-state index is 5.45. The summed E-state index contributed by atoms with van der Waals surface area (Å²) in [5.74, 6) is 2.14. The summed E-state index contributed by atoms with van der Waals surface area (Å²) in [5.41, 5.74) is 2.89. The summed E-state index contributed by atoms with van der Waals surface area (Å²) < 4.78 is 10.8. The van der Waals surface area contributed by atoms with Gasteiger partial charge in [-0.25, -0.2) is 4.98 Å². The molecule has 7 heteroatoms. The average Bonchev–Trinajstić information content (AvgIpc) is 2.77. The third-order valence-electron chi connectivity index (χ3n) is 4.74. The van der Waals surface area contributed by atoms with E-state index in [0.717, 1.165) is 33.2 Å². The molecule has 1 aliphatic rings. The van der Waals surface area contributed by atoms with Gasteiger partial charge in [0.1, 0.15) is 12.5 Å². The van der Waals surface area contributed by atoms with Crippen molar-refractivity contribution in [1.29, 1.82) is 0 Å². The highest BCUT2D eigenvalue weighted by atomic mass is 16.5. The Labute approximate surface area is 169 Å². The normalized spacial score (nSPS) is 12.4. The average molecular weight is 389 g/mol. The van der Waals surface area contributed by atoms with E-state index in [-0.39, 0.29) is 0 Å². The number of pyridine rings is 2. The molecule has 0 aliphatic carbocycles. The molecule has 0 unspecified atom stereocenters. The van der Waals surface area contributed by atoms with Crippen LogP contribution in [-0.2, 0) is 6.54 Å². The van der Waals surface area contributed by atoms with Crippen molar-refractivity contribution in [2.24, 2.45) is 4.99 Å². The zero-order chi connectivity index (χ0) is 20.2. The van der Waals surface area contributed by atoms with Gasteiger partial charge in [0.05, 0.1) is 30.5 Å². The van der Waals surface area contributed by atoms with Crippen molar-refractivity contribution in [3.63, 3.8) is 0 Å². The van der Waals surface area contributed by atoms with Crippen molar-refractivity contribution in [3.05, 3.63) is 64.9 Å². The van der Waals surface area contributed by atoms with Gasteiger partial charge >= 0.3 is 0 Å². The number of nitrogens with one attached hydrogen (secondary N) is 1. The number of hydrogen-bond donors (Lipinski definition) is 1. The molecule has 0 atom stereocenters. The molecule has 3 aromatic rings. The van der Waals surface area contributed by atoms with Crippen molar-refractivity contribution in [2.45, 2.75) is 6.54 Å². The third-order valence-corrected chi connectivity index (χ3v) is 4.74. The standard InChI is InChI=1S/C22H23N5O2/c1-27-13-17-19(25-14-27)11-18(16-4-5-20(28-2)21(10-16)29-3)26-22(17)24-12-15-6-8-23-9-7-15/h4-11,13H,12,14H2,1-3H3,(H,24,26). The Morgan fingerprint density at radius 2 is 1.83 bits per heavy atom. The van der Waals surface area contributed by atoms with Crippen LogP contribution in [0.15, 0.2) is 53.8 Å². The van der Waals surface area contributed by atoms with Crippen molar-refractivity contribution < 1.29 is 9.47 Å². The molecule has 0 radical (unpaired) electrons. The topological polar surface area (TPSA) is 71.9 Å². The largest absolute Gasteiger partial charge is 0.493 e. The van der Waals surface area contributed by atoms with E-state index in [0.29, 0.717) is 24.7 Å². The Bertz CT molecular complexity index is 1130. The smallest absolute Gasteiger partial charge is 0.161 e. The first-order valence-electron chi connectivity index (χ1n) is 9.31. The predicted molar refractivity (Wildman–Crippen MR) is 112 cm³/mol. The van der Waals surface area contributed by atoms with Crippen LogP contribution in [0.5, 0.6) is 11.5 Å². The van der Waals surface area contributed by atoms with Gasteiger partial charge in [0.2, 0.25) is 0 Å². The number of anilines is 1. The molecule has 0 fully saturated rings. The molecule has 1 aromatic carbocycles. The van der Waals surface area contributed by atoms with Crippen LogP contribution in [0.3, 0.4) is 0 Å². The second-order valence-corrected chi connectivity index (χ2v) is 6.75. The van der Waals surface area contributed by atoms with E-state index >= 15 is 0 Å². The first-order valence-corrected chi connectivity index (χ1v) is 9.31. The van der Waals surface area contributed by atoms with E-state index in [1.165, 1.54) is 0 Å². The lowest BCUT2D eigenvalue weighted by molar-refractivity contribution is 0.355. The molecule has 3 heterocycles. The molecule has 0 saturated heterocycles. The van der Waals surface area contributed by atoms with E-state index < -0.39 is 0 Å². The zero-order valence-electron chi connectivity index (χ0n) is 16.7. The molecule has 0 bridgehead atoms. The predicted octanol–water partition coefficient (Wildman–Crippen LogP) is 2.03. The quantitative estimate of drug-likeness (QED) is 0.696. The van der Waals surface area contributed by atoms with Crippen LogP contribution in [0.2, 0.25) is 0 Å². The zero-order valence-corrected chi connectivity index (χ0v) is 16.7. The lowest BCUT2D eigenvalue weighted by Crippen LogP contribution is -2.37. The molecule has 148 valence electrons. The summed E-state index contributed by atoms with van der Waals surface area (Å²) in [4.78, 5) is 15.7. The number of methoxy groups -OCH3 is 2. The van der Waals surface area contributed by atoms with Gasteiger partial charge in [0.15, 0.2) is 11.5 Å². The highest BCUT2D eigenvalue weighted by Crippen LogP contribution is 2.31. The Hall–Kier alpha value is -3.61. The fraction of sp³-hybridized carbons (Fsp3) is 0.227. The van der Waals surface area contributed by atoms with Crippen LogP contribution in [-0.4, -0.2) is 42.8 Å². The summed E-state index contributed by atoms with van der Waals surface area (Å²) in [6, 6.07) is 11.8. The van der Waals surface area contributed by atoms with Crippen LogP contribution in [0.4, 0.5) is 5.82 Å². The highest BCUT2D eigenvalue weighted by molar-refractivity contribution is 5.66. The summed E-state index contributed by atoms with van der Waals surface area (Å²) >= 11 is 0. The first kappa shape index (κ1) is 18.7. The van der Waals surface area contributed by atoms with Gasteiger partial charge < -0.3 is 19.7 Å². The minimum absolute atomic E-state index is 0.617. The first-order chi connectivity index (χ1) is 14.2. The van der Waals surface area contributed by atoms with Gasteiger partial charge in [-0.2, -0.15) is 0 Å². The lowest BCUT2D eigenvalue weighted by atomic mass is 10.1. The molecule has 4 rings (SSSR count). The number of hydrogen-bond acceptors (Lipinski definition) is 7. The number of aromatic nitrogens is 2. The molecule has 0 amide bonds. The molecular weight excluding hydrogens is 366 g/mol. The van der Waals surface area contributed by atoms with E-state index in [1.807, 2.05) is 48.3 Å². The van der Waals surface area contributed by atoms with Crippen LogP contribution < -0.4 is 25.4 Å². The fourth-order valence-electron chi connectivity index (χ4n) is 3.21. The molecular formula is C22H23N5O2. The second-order valence-electron chi connectivity index (χ2n) is 6.75. The van der Waals surface area contributed by atoms with Gasteiger partial charge in [-0.1, -0.05) is 0 Å². The maximum Gasteiger partial charge on any atom is 0.161 e. The molecule has 1 aliphatic heterocycles. The Kier molecular flexibility index (Phi) is 5.29. The minimum Gasteiger partial charge on any atom is -0.493 e. The number of nitrogens with zero attached hydrogens (tertiary/aromatic N) is 4. The number of fused-ring (bicyclic) bond motifs is 1. The molecule has 0 saturated carbocycles. The summed E-state index contributed by atoms with van der Waals surface area (Å²) in [5, 5.41) is 5.36. The monoisotopic (exact) mass is 389 g/mol. The fourth-order valence-corrected chi connectivity index (χ4v) is 3.21. The molecule has 0 spiro atoms. The van der Waals surface area contributed by atoms with E-state index in [9.17, 15) is 0 Å². The van der Waals surface area contributed by atoms with Crippen molar-refractivity contribution in [2.75, 3.05) is 33.3 Å². The van der Waals surface area contributed by atoms with E-state index in [1.54, 1.807) is 26.6 Å². The summed E-state index contributed by atoms with van der Waals surface area (Å²) in [6.45, 7) is 1.26. The van der Waals surface area contributed by atoms with E-state index in [2.05, 4.69) is 16.5 Å². The van der Waals surface area contributed by atoms with Gasteiger partial charge in [0, 0.05) is 37.7 Å². The Morgan fingerprint density at radius 3 is 2.59 bits per heavy atom. The van der Waals surface area contributed by atoms with Gasteiger partial charge in [0.25, 0.3) is 0 Å². The summed E-state index contributed by atoms with van der Waals surface area (Å²) in [6.07, 6.45) is 5.65. The molecule has 2 aromatic heterocycles. The van der Waals surface area contributed by atoms with Gasteiger partial charge in [-0.15, -0.1) is 0 Å². The summed E-state index contributed by atoms with van der Waals surface area (Å²) in [7, 11) is 5.26. The highest BCUT2D eigenvalue weighted by Gasteiger charge is 2.12. The van der Waals surface area contributed by atoms with Crippen molar-refractivity contribution >= 4 is 12.0 Å². The van der Waals surface area contributed by atoms with Crippen molar-refractivity contribution in [1.82, 2.24) is 14.9 Å². The van der Waals surface area contributed by atoms with Crippen molar-refractivity contribution in [3.8, 4) is 22.8 Å². The molecule has 29 heavy (non-hydrogen) atoms. The maximum atomic E-state index is 5.45. The number of benzene rings is 1.